The third-order valence-corrected chi connectivity index (χ3v) is 4.75. The van der Waals surface area contributed by atoms with Gasteiger partial charge < -0.3 is 5.11 Å². The van der Waals surface area contributed by atoms with Crippen molar-refractivity contribution in [2.45, 2.75) is 18.7 Å². The van der Waals surface area contributed by atoms with Crippen molar-refractivity contribution in [2.75, 3.05) is 0 Å². The van der Waals surface area contributed by atoms with Crippen LogP contribution >= 0.6 is 0 Å². The van der Waals surface area contributed by atoms with E-state index in [1.165, 1.54) is 49.6 Å². The molecule has 4 nitrogen and oxygen atoms in total. The van der Waals surface area contributed by atoms with Crippen molar-refractivity contribution < 1.29 is 18.3 Å². The maximum absolute atomic E-state index is 14.0. The Morgan fingerprint density at radius 3 is 2.39 bits per heavy atom. The van der Waals surface area contributed by atoms with Gasteiger partial charge in [0.05, 0.1) is 23.1 Å². The predicted octanol–water partition coefficient (Wildman–Crippen LogP) is 4.53. The largest absolute Gasteiger partial charge is 0.427 e. The quantitative estimate of drug-likeness (QED) is 0.566. The lowest BCUT2D eigenvalue weighted by atomic mass is 9.86. The first-order chi connectivity index (χ1) is 13.3. The van der Waals surface area contributed by atoms with Crippen LogP contribution in [0.1, 0.15) is 16.8 Å². The van der Waals surface area contributed by atoms with Crippen LogP contribution in [-0.4, -0.2) is 26.0 Å². The van der Waals surface area contributed by atoms with Crippen molar-refractivity contribution in [1.29, 1.82) is 0 Å². The lowest BCUT2D eigenvalue weighted by Crippen LogP contribution is -2.44. The van der Waals surface area contributed by atoms with E-state index in [0.717, 1.165) is 5.69 Å². The van der Waals surface area contributed by atoms with Crippen molar-refractivity contribution in [3.8, 4) is 5.69 Å². The molecule has 0 radical (unpaired) electrons. The van der Waals surface area contributed by atoms with E-state index in [4.69, 9.17) is 0 Å². The Morgan fingerprint density at radius 1 is 0.964 bits per heavy atom. The molecule has 28 heavy (non-hydrogen) atoms. The summed E-state index contributed by atoms with van der Waals surface area (Å²) in [6, 6.07) is 16.4. The maximum atomic E-state index is 14.0. The first-order valence-electron chi connectivity index (χ1n) is 8.57. The molecule has 4 rings (SSSR count). The monoisotopic (exact) mass is 383 g/mol. The predicted molar refractivity (Wildman–Crippen MR) is 99.1 cm³/mol. The minimum atomic E-state index is -4.95. The van der Waals surface area contributed by atoms with Gasteiger partial charge in [0.1, 0.15) is 0 Å². The highest BCUT2D eigenvalue weighted by Crippen LogP contribution is 2.45. The molecule has 1 N–H and O–H groups in total. The van der Waals surface area contributed by atoms with Crippen molar-refractivity contribution >= 4 is 10.9 Å². The smallest absolute Gasteiger partial charge is 0.371 e. The molecule has 0 spiro atoms. The molecule has 0 saturated heterocycles. The zero-order valence-corrected chi connectivity index (χ0v) is 14.9. The topological polar surface area (TPSA) is 50.9 Å². The first-order valence-corrected chi connectivity index (χ1v) is 8.57. The third-order valence-electron chi connectivity index (χ3n) is 4.75. The number of aromatic nitrogens is 3. The molecule has 7 heteroatoms. The molecule has 0 aliphatic rings. The summed E-state index contributed by atoms with van der Waals surface area (Å²) >= 11 is 0. The van der Waals surface area contributed by atoms with E-state index in [0.29, 0.717) is 10.9 Å². The molecule has 1 unspecified atom stereocenters. The van der Waals surface area contributed by atoms with Gasteiger partial charge in [-0.2, -0.15) is 18.3 Å². The molecule has 0 fully saturated rings. The summed E-state index contributed by atoms with van der Waals surface area (Å²) in [7, 11) is 0. The van der Waals surface area contributed by atoms with Crippen LogP contribution in [0.4, 0.5) is 13.2 Å². The number of nitrogens with zero attached hydrogens (tertiary/aromatic N) is 3. The molecule has 0 saturated carbocycles. The number of para-hydroxylation sites is 1. The summed E-state index contributed by atoms with van der Waals surface area (Å²) in [5.41, 5.74) is -2.28. The number of benzene rings is 2. The second kappa shape index (κ2) is 6.45. The molecule has 0 bridgehead atoms. The van der Waals surface area contributed by atoms with Crippen LogP contribution in [0.15, 0.2) is 73.1 Å². The molecular formula is C21H16F3N3O. The standard InChI is InChI=1S/C21H16F3N3O/c1-14-6-5-11-25-19(14)20(28,21(22,23)24)16-9-10-18-15(12-16)13-26-27(18)17-7-3-2-4-8-17/h2-13,28H,1H3. The third kappa shape index (κ3) is 2.75. The van der Waals surface area contributed by atoms with Gasteiger partial charge in [0.2, 0.25) is 5.60 Å². The van der Waals surface area contributed by atoms with Crippen LogP contribution in [0.2, 0.25) is 0 Å². The molecule has 4 aromatic rings. The number of aryl methyl sites for hydroxylation is 1. The lowest BCUT2D eigenvalue weighted by Gasteiger charge is -2.31. The zero-order valence-electron chi connectivity index (χ0n) is 14.9. The number of hydrogen-bond acceptors (Lipinski definition) is 3. The van der Waals surface area contributed by atoms with Crippen molar-refractivity contribution in [2.24, 2.45) is 0 Å². The Bertz CT molecular complexity index is 1140. The minimum Gasteiger partial charge on any atom is -0.371 e. The number of fused-ring (bicyclic) bond motifs is 1. The van der Waals surface area contributed by atoms with E-state index in [2.05, 4.69) is 10.1 Å². The number of rotatable bonds is 3. The molecule has 2 heterocycles. The van der Waals surface area contributed by atoms with Crippen LogP contribution in [0, 0.1) is 6.92 Å². The van der Waals surface area contributed by atoms with Gasteiger partial charge >= 0.3 is 6.18 Å². The van der Waals surface area contributed by atoms with E-state index in [-0.39, 0.29) is 11.1 Å². The van der Waals surface area contributed by atoms with Crippen LogP contribution in [0.5, 0.6) is 0 Å². The Morgan fingerprint density at radius 2 is 1.71 bits per heavy atom. The normalized spacial score (nSPS) is 14.2. The average molecular weight is 383 g/mol. The van der Waals surface area contributed by atoms with E-state index < -0.39 is 17.5 Å². The zero-order chi connectivity index (χ0) is 19.9. The molecule has 142 valence electrons. The molecule has 2 aromatic heterocycles. The molecule has 0 aliphatic heterocycles. The van der Waals surface area contributed by atoms with E-state index in [1.54, 1.807) is 4.68 Å². The molecule has 0 amide bonds. The van der Waals surface area contributed by atoms with Crippen LogP contribution in [0.3, 0.4) is 0 Å². The number of pyridine rings is 1. The van der Waals surface area contributed by atoms with Gasteiger partial charge in [-0.3, -0.25) is 4.98 Å². The van der Waals surface area contributed by atoms with Crippen LogP contribution < -0.4 is 0 Å². The molecule has 0 aliphatic carbocycles. The van der Waals surface area contributed by atoms with Gasteiger partial charge in [-0.25, -0.2) is 4.68 Å². The van der Waals surface area contributed by atoms with Gasteiger partial charge in [-0.15, -0.1) is 0 Å². The number of aliphatic hydroxyl groups is 1. The fraction of sp³-hybridized carbons (Fsp3) is 0.143. The summed E-state index contributed by atoms with van der Waals surface area (Å²) in [6.45, 7) is 1.49. The van der Waals surface area contributed by atoms with Gasteiger partial charge in [0, 0.05) is 11.6 Å². The van der Waals surface area contributed by atoms with Gasteiger partial charge in [-0.1, -0.05) is 30.3 Å². The minimum absolute atomic E-state index is 0.252. The second-order valence-electron chi connectivity index (χ2n) is 6.54. The highest BCUT2D eigenvalue weighted by molar-refractivity contribution is 5.81. The molecule has 2 aromatic carbocycles. The van der Waals surface area contributed by atoms with Crippen LogP contribution in [-0.2, 0) is 5.60 Å². The summed E-state index contributed by atoms with van der Waals surface area (Å²) in [4.78, 5) is 3.84. The van der Waals surface area contributed by atoms with Gasteiger partial charge in [-0.05, 0) is 48.4 Å². The highest BCUT2D eigenvalue weighted by atomic mass is 19.4. The summed E-state index contributed by atoms with van der Waals surface area (Å²) in [5.74, 6) is 0. The number of hydrogen-bond donors (Lipinski definition) is 1. The first kappa shape index (κ1) is 18.2. The summed E-state index contributed by atoms with van der Waals surface area (Å²) < 4.78 is 43.7. The fourth-order valence-electron chi connectivity index (χ4n) is 3.33. The van der Waals surface area contributed by atoms with Crippen molar-refractivity contribution in [3.63, 3.8) is 0 Å². The SMILES string of the molecule is Cc1cccnc1C(O)(c1ccc2c(cnn2-c2ccccc2)c1)C(F)(F)F. The second-order valence-corrected chi connectivity index (χ2v) is 6.54. The Hall–Kier alpha value is -3.19. The Kier molecular flexibility index (Phi) is 4.19. The van der Waals surface area contributed by atoms with Gasteiger partial charge in [0.15, 0.2) is 0 Å². The van der Waals surface area contributed by atoms with Gasteiger partial charge in [0.25, 0.3) is 0 Å². The molecule has 1 atom stereocenters. The Balaban J connectivity index is 1.91. The molecular weight excluding hydrogens is 367 g/mol. The van der Waals surface area contributed by atoms with E-state index >= 15 is 0 Å². The number of halogens is 3. The average Bonchev–Trinajstić information content (AvgIpc) is 3.11. The summed E-state index contributed by atoms with van der Waals surface area (Å²) in [6.07, 6.45) is -2.23. The van der Waals surface area contributed by atoms with E-state index in [1.807, 2.05) is 30.3 Å². The lowest BCUT2D eigenvalue weighted by molar-refractivity contribution is -0.249. The maximum Gasteiger partial charge on any atom is 0.427 e. The highest BCUT2D eigenvalue weighted by Gasteiger charge is 2.58. The summed E-state index contributed by atoms with van der Waals surface area (Å²) in [5, 5.41) is 15.6. The van der Waals surface area contributed by atoms with Crippen LogP contribution in [0.25, 0.3) is 16.6 Å². The van der Waals surface area contributed by atoms with E-state index in [9.17, 15) is 18.3 Å². The number of alkyl halides is 3. The van der Waals surface area contributed by atoms with Crippen molar-refractivity contribution in [3.05, 3.63) is 89.9 Å². The Labute approximate surface area is 158 Å². The fourth-order valence-corrected chi connectivity index (χ4v) is 3.33. The van der Waals surface area contributed by atoms with Crippen molar-refractivity contribution in [1.82, 2.24) is 14.8 Å².